The SMILES string of the molecule is Cc1cc(Nc2nc(-c3cccc(C(F)(F)F)n3)nc(N3C[C@H](O)[C@@H](F)C3)n2)ccn1.S.S. The third-order valence-electron chi connectivity index (χ3n) is 4.55. The highest BCUT2D eigenvalue weighted by atomic mass is 32.1. The highest BCUT2D eigenvalue weighted by Crippen LogP contribution is 2.30. The van der Waals surface area contributed by atoms with Crippen molar-refractivity contribution in [3.63, 3.8) is 0 Å². The molecule has 2 atom stereocenters. The molecule has 0 amide bonds. The average Bonchev–Trinajstić information content (AvgIpc) is 3.06. The van der Waals surface area contributed by atoms with Gasteiger partial charge in [-0.2, -0.15) is 55.1 Å². The molecule has 8 nitrogen and oxygen atoms in total. The van der Waals surface area contributed by atoms with Crippen LogP contribution < -0.4 is 10.2 Å². The highest BCUT2D eigenvalue weighted by molar-refractivity contribution is 7.59. The van der Waals surface area contributed by atoms with Crippen molar-refractivity contribution in [3.8, 4) is 11.5 Å². The van der Waals surface area contributed by atoms with E-state index in [2.05, 4.69) is 30.2 Å². The van der Waals surface area contributed by atoms with Gasteiger partial charge in [0.2, 0.25) is 11.9 Å². The molecule has 4 heterocycles. The molecule has 178 valence electrons. The second-order valence-corrected chi connectivity index (χ2v) is 6.99. The molecule has 1 fully saturated rings. The first-order valence-corrected chi connectivity index (χ1v) is 9.26. The fraction of sp³-hybridized carbons (Fsp3) is 0.316. The van der Waals surface area contributed by atoms with Crippen molar-refractivity contribution < 1.29 is 22.7 Å². The molecule has 1 saturated heterocycles. The zero-order chi connectivity index (χ0) is 22.2. The van der Waals surface area contributed by atoms with E-state index in [-0.39, 0.29) is 63.5 Å². The monoisotopic (exact) mass is 503 g/mol. The van der Waals surface area contributed by atoms with Crippen molar-refractivity contribution in [1.29, 1.82) is 0 Å². The number of nitrogens with one attached hydrogen (secondary N) is 1. The summed E-state index contributed by atoms with van der Waals surface area (Å²) in [6, 6.07) is 6.77. The van der Waals surface area contributed by atoms with E-state index >= 15 is 0 Å². The number of anilines is 3. The molecule has 3 aromatic heterocycles. The molecule has 4 rings (SSSR count). The summed E-state index contributed by atoms with van der Waals surface area (Å²) in [5.74, 6) is -0.0838. The number of alkyl halides is 4. The van der Waals surface area contributed by atoms with Crippen LogP contribution in [0.1, 0.15) is 11.4 Å². The van der Waals surface area contributed by atoms with Crippen LogP contribution in [0.25, 0.3) is 11.5 Å². The number of aliphatic hydroxyl groups is 1. The molecule has 1 aliphatic rings. The summed E-state index contributed by atoms with van der Waals surface area (Å²) in [5.41, 5.74) is 0.107. The minimum atomic E-state index is -4.64. The summed E-state index contributed by atoms with van der Waals surface area (Å²) in [6.07, 6.45) is -5.78. The predicted molar refractivity (Wildman–Crippen MR) is 124 cm³/mol. The summed E-state index contributed by atoms with van der Waals surface area (Å²) in [6.45, 7) is 1.57. The average molecular weight is 504 g/mol. The van der Waals surface area contributed by atoms with Gasteiger partial charge in [-0.3, -0.25) is 4.98 Å². The summed E-state index contributed by atoms with van der Waals surface area (Å²) in [7, 11) is 0. The van der Waals surface area contributed by atoms with Gasteiger partial charge in [-0.15, -0.1) is 0 Å². The maximum Gasteiger partial charge on any atom is 0.433 e. The minimum absolute atomic E-state index is 0. The predicted octanol–water partition coefficient (Wildman–Crippen LogP) is 3.14. The Hall–Kier alpha value is -2.71. The molecule has 33 heavy (non-hydrogen) atoms. The van der Waals surface area contributed by atoms with E-state index in [0.717, 1.165) is 11.8 Å². The number of halogens is 4. The quantitative estimate of drug-likeness (QED) is 0.524. The number of hydrogen-bond acceptors (Lipinski definition) is 8. The molecule has 14 heteroatoms. The number of β-amino-alcohol motifs (C(OH)–C–C–N with tert-alkyl or cyclic N) is 1. The van der Waals surface area contributed by atoms with Gasteiger partial charge in [-0.05, 0) is 31.2 Å². The first kappa shape index (κ1) is 26.5. The summed E-state index contributed by atoms with van der Waals surface area (Å²) < 4.78 is 53.1. The number of aromatic nitrogens is 5. The van der Waals surface area contributed by atoms with Crippen molar-refractivity contribution in [1.82, 2.24) is 24.9 Å². The second kappa shape index (κ2) is 10.5. The van der Waals surface area contributed by atoms with Gasteiger partial charge in [0.05, 0.1) is 6.54 Å². The van der Waals surface area contributed by atoms with Crippen LogP contribution in [0.2, 0.25) is 0 Å². The maximum absolute atomic E-state index is 13.8. The van der Waals surface area contributed by atoms with Gasteiger partial charge in [0.25, 0.3) is 0 Å². The number of nitrogens with zero attached hydrogens (tertiary/aromatic N) is 6. The lowest BCUT2D eigenvalue weighted by molar-refractivity contribution is -0.141. The zero-order valence-electron chi connectivity index (χ0n) is 17.2. The van der Waals surface area contributed by atoms with Crippen LogP contribution in [-0.4, -0.2) is 55.4 Å². The Morgan fingerprint density at radius 3 is 2.45 bits per heavy atom. The molecule has 0 bridgehead atoms. The van der Waals surface area contributed by atoms with E-state index in [1.807, 2.05) is 0 Å². The van der Waals surface area contributed by atoms with E-state index in [1.54, 1.807) is 25.3 Å². The number of hydrogen-bond donors (Lipinski definition) is 2. The van der Waals surface area contributed by atoms with E-state index in [9.17, 15) is 22.7 Å². The molecular weight excluding hydrogens is 482 g/mol. The number of pyridine rings is 2. The van der Waals surface area contributed by atoms with Gasteiger partial charge in [0.15, 0.2) is 5.82 Å². The molecule has 1 aliphatic heterocycles. The Labute approximate surface area is 200 Å². The largest absolute Gasteiger partial charge is 0.433 e. The molecule has 0 aliphatic carbocycles. The summed E-state index contributed by atoms with van der Waals surface area (Å²) >= 11 is 0. The topological polar surface area (TPSA) is 100.0 Å². The van der Waals surface area contributed by atoms with Gasteiger partial charge in [0.1, 0.15) is 23.7 Å². The third-order valence-corrected chi connectivity index (χ3v) is 4.55. The van der Waals surface area contributed by atoms with E-state index in [1.165, 1.54) is 17.0 Å². The summed E-state index contributed by atoms with van der Waals surface area (Å²) in [4.78, 5) is 21.7. The Morgan fingerprint density at radius 1 is 1.06 bits per heavy atom. The standard InChI is InChI=1S/C19H17F4N7O.2H2S/c1-10-7-11(5-6-24-10)25-17-27-16(13-3-2-4-15(26-13)19(21,22)23)28-18(29-17)30-8-12(20)14(31)9-30;;/h2-7,12,14,31H,8-9H2,1H3,(H,24,25,27,28,29);2*1H2/t12-,14-;;/m0../s1. The third kappa shape index (κ3) is 6.21. The second-order valence-electron chi connectivity index (χ2n) is 6.99. The van der Waals surface area contributed by atoms with Crippen LogP contribution in [0.15, 0.2) is 36.5 Å². The van der Waals surface area contributed by atoms with Crippen LogP contribution in [0.3, 0.4) is 0 Å². The van der Waals surface area contributed by atoms with Crippen LogP contribution in [0.5, 0.6) is 0 Å². The molecule has 0 unspecified atom stereocenters. The van der Waals surface area contributed by atoms with Crippen molar-refractivity contribution in [2.75, 3.05) is 23.3 Å². The zero-order valence-corrected chi connectivity index (χ0v) is 19.2. The molecule has 0 saturated carbocycles. The highest BCUT2D eigenvalue weighted by Gasteiger charge is 2.34. The van der Waals surface area contributed by atoms with Gasteiger partial charge in [0, 0.05) is 24.1 Å². The van der Waals surface area contributed by atoms with E-state index in [4.69, 9.17) is 0 Å². The minimum Gasteiger partial charge on any atom is -0.388 e. The van der Waals surface area contributed by atoms with Crippen LogP contribution >= 0.6 is 27.0 Å². The first-order chi connectivity index (χ1) is 14.7. The van der Waals surface area contributed by atoms with Gasteiger partial charge < -0.3 is 15.3 Å². The number of rotatable bonds is 4. The molecule has 3 aromatic rings. The number of aryl methyl sites for hydroxylation is 1. The Balaban J connectivity index is 0.00000193. The molecule has 0 radical (unpaired) electrons. The van der Waals surface area contributed by atoms with Gasteiger partial charge in [-0.1, -0.05) is 6.07 Å². The van der Waals surface area contributed by atoms with E-state index < -0.39 is 24.1 Å². The fourth-order valence-electron chi connectivity index (χ4n) is 3.06. The summed E-state index contributed by atoms with van der Waals surface area (Å²) in [5, 5.41) is 12.7. The van der Waals surface area contributed by atoms with Crippen molar-refractivity contribution in [3.05, 3.63) is 47.9 Å². The van der Waals surface area contributed by atoms with Crippen LogP contribution in [-0.2, 0) is 6.18 Å². The van der Waals surface area contributed by atoms with Crippen LogP contribution in [0.4, 0.5) is 35.1 Å². The van der Waals surface area contributed by atoms with E-state index in [0.29, 0.717) is 5.69 Å². The lowest BCUT2D eigenvalue weighted by Gasteiger charge is -2.17. The normalized spacial score (nSPS) is 17.8. The molecule has 0 aromatic carbocycles. The van der Waals surface area contributed by atoms with Crippen molar-refractivity contribution in [2.24, 2.45) is 0 Å². The maximum atomic E-state index is 13.8. The number of aliphatic hydroxyl groups excluding tert-OH is 1. The van der Waals surface area contributed by atoms with Gasteiger partial charge in [-0.25, -0.2) is 9.37 Å². The Bertz CT molecular complexity index is 1100. The molecule has 0 spiro atoms. The van der Waals surface area contributed by atoms with Crippen molar-refractivity contribution in [2.45, 2.75) is 25.4 Å². The van der Waals surface area contributed by atoms with Crippen molar-refractivity contribution >= 4 is 44.6 Å². The van der Waals surface area contributed by atoms with Crippen LogP contribution in [0, 0.1) is 6.92 Å². The van der Waals surface area contributed by atoms with Gasteiger partial charge >= 0.3 is 6.18 Å². The molecule has 2 N–H and O–H groups in total. The lowest BCUT2D eigenvalue weighted by Crippen LogP contribution is -2.24. The first-order valence-electron chi connectivity index (χ1n) is 9.26. The fourth-order valence-corrected chi connectivity index (χ4v) is 3.06. The molecular formula is C19H21F4N7OS2. The Morgan fingerprint density at radius 2 is 1.82 bits per heavy atom. The lowest BCUT2D eigenvalue weighted by atomic mass is 10.3. The Kier molecular flexibility index (Phi) is 8.43. The smallest absolute Gasteiger partial charge is 0.388 e.